The molecule has 3 aromatic rings. The predicted octanol–water partition coefficient (Wildman–Crippen LogP) is 5.41. The maximum atomic E-state index is 7.23. The minimum atomic E-state index is -0.0194. The van der Waals surface area contributed by atoms with Crippen molar-refractivity contribution in [2.45, 2.75) is 33.2 Å². The van der Waals surface area contributed by atoms with Gasteiger partial charge in [-0.25, -0.2) is 4.85 Å². The van der Waals surface area contributed by atoms with Crippen molar-refractivity contribution in [1.82, 2.24) is 4.57 Å². The van der Waals surface area contributed by atoms with Gasteiger partial charge in [-0.2, -0.15) is 0 Å². The summed E-state index contributed by atoms with van der Waals surface area (Å²) in [6.45, 7) is 16.0. The molecule has 0 atom stereocenters. The van der Waals surface area contributed by atoms with Crippen LogP contribution in [0.15, 0.2) is 36.4 Å². The topological polar surface area (TPSA) is 9.29 Å². The number of rotatable bonds is 0. The van der Waals surface area contributed by atoms with Crippen LogP contribution in [0.5, 0.6) is 0 Å². The first kappa shape index (κ1) is 12.7. The largest absolute Gasteiger partial charge is 0.336 e. The molecule has 3 rings (SSSR count). The van der Waals surface area contributed by atoms with Gasteiger partial charge in [0, 0.05) is 27.3 Å². The lowest BCUT2D eigenvalue weighted by molar-refractivity contribution is 0.423. The fraction of sp³-hybridized carbons (Fsp3) is 0.278. The van der Waals surface area contributed by atoms with Gasteiger partial charge in [0.25, 0.3) is 0 Å². The molecule has 2 nitrogen and oxygen atoms in total. The first-order chi connectivity index (χ1) is 9.41. The summed E-state index contributed by atoms with van der Waals surface area (Å²) in [5, 5.41) is 2.49. The smallest absolute Gasteiger partial charge is 0.189 e. The summed E-state index contributed by atoms with van der Waals surface area (Å²) < 4.78 is 2.35. The Morgan fingerprint density at radius 3 is 2.15 bits per heavy atom. The third-order valence-corrected chi connectivity index (χ3v) is 3.71. The Hall–Kier alpha value is -2.27. The maximum absolute atomic E-state index is 7.23. The van der Waals surface area contributed by atoms with Gasteiger partial charge in [0.05, 0.1) is 6.57 Å². The number of hydrogen-bond donors (Lipinski definition) is 0. The molecule has 0 spiro atoms. The molecule has 1 aromatic heterocycles. The predicted molar refractivity (Wildman–Crippen MR) is 85.4 cm³/mol. The molecule has 100 valence electrons. The van der Waals surface area contributed by atoms with E-state index in [1.54, 1.807) is 0 Å². The van der Waals surface area contributed by atoms with Crippen LogP contribution in [0.1, 0.15) is 26.3 Å². The van der Waals surface area contributed by atoms with Crippen LogP contribution in [0, 0.1) is 13.5 Å². The highest BCUT2D eigenvalue weighted by Crippen LogP contribution is 2.36. The van der Waals surface area contributed by atoms with Crippen LogP contribution in [-0.4, -0.2) is 4.57 Å². The van der Waals surface area contributed by atoms with Crippen molar-refractivity contribution >= 4 is 27.5 Å². The highest BCUT2D eigenvalue weighted by Gasteiger charge is 2.20. The van der Waals surface area contributed by atoms with Crippen molar-refractivity contribution in [3.63, 3.8) is 0 Å². The molecule has 0 unspecified atom stereocenters. The van der Waals surface area contributed by atoms with Gasteiger partial charge >= 0.3 is 0 Å². The fourth-order valence-corrected chi connectivity index (χ4v) is 2.91. The third kappa shape index (κ3) is 1.78. The zero-order chi connectivity index (χ0) is 14.5. The van der Waals surface area contributed by atoms with Crippen LogP contribution in [0.25, 0.3) is 26.7 Å². The van der Waals surface area contributed by atoms with Crippen molar-refractivity contribution < 1.29 is 0 Å². The Labute approximate surface area is 119 Å². The van der Waals surface area contributed by atoms with E-state index in [4.69, 9.17) is 6.57 Å². The quantitative estimate of drug-likeness (QED) is 0.479. The van der Waals surface area contributed by atoms with Gasteiger partial charge in [-0.1, -0.05) is 24.3 Å². The molecule has 0 bridgehead atoms. The Kier molecular flexibility index (Phi) is 2.62. The second-order valence-electron chi connectivity index (χ2n) is 6.34. The normalized spacial score (nSPS) is 11.9. The van der Waals surface area contributed by atoms with Gasteiger partial charge in [-0.05, 0) is 45.4 Å². The lowest BCUT2D eigenvalue weighted by Gasteiger charge is -2.24. The number of nitrogens with zero attached hydrogens (tertiary/aromatic N) is 2. The van der Waals surface area contributed by atoms with E-state index in [2.05, 4.69) is 61.4 Å². The van der Waals surface area contributed by atoms with E-state index in [-0.39, 0.29) is 5.54 Å². The second-order valence-corrected chi connectivity index (χ2v) is 6.34. The molecule has 0 fully saturated rings. The standard InChI is InChI=1S/C18H18N2/c1-12-6-8-14-15-9-7-13(19-5)11-17(15)20(16(14)10-12)18(2,3)4/h6-11H,1-4H3. The molecule has 0 saturated carbocycles. The SMILES string of the molecule is [C-]#[N+]c1ccc2c3ccc(C)cc3n(C(C)(C)C)c2c1. The number of aryl methyl sites for hydroxylation is 1. The molecular weight excluding hydrogens is 244 g/mol. The summed E-state index contributed by atoms with van der Waals surface area (Å²) in [5.41, 5.74) is 4.33. The zero-order valence-electron chi connectivity index (χ0n) is 12.4. The molecule has 0 aliphatic rings. The summed E-state index contributed by atoms with van der Waals surface area (Å²) in [5.74, 6) is 0. The molecule has 20 heavy (non-hydrogen) atoms. The second kappa shape index (κ2) is 4.11. The number of fused-ring (bicyclic) bond motifs is 3. The lowest BCUT2D eigenvalue weighted by Crippen LogP contribution is -2.21. The highest BCUT2D eigenvalue weighted by molar-refractivity contribution is 6.09. The van der Waals surface area contributed by atoms with Crippen molar-refractivity contribution in [2.24, 2.45) is 0 Å². The van der Waals surface area contributed by atoms with E-state index in [1.807, 2.05) is 12.1 Å². The summed E-state index contributed by atoms with van der Waals surface area (Å²) in [6.07, 6.45) is 0. The Morgan fingerprint density at radius 1 is 0.950 bits per heavy atom. The van der Waals surface area contributed by atoms with Crippen LogP contribution in [0.2, 0.25) is 0 Å². The van der Waals surface area contributed by atoms with E-state index in [1.165, 1.54) is 21.9 Å². The van der Waals surface area contributed by atoms with Gasteiger partial charge in [0.15, 0.2) is 5.69 Å². The summed E-state index contributed by atoms with van der Waals surface area (Å²) in [6, 6.07) is 12.6. The average Bonchev–Trinajstić information content (AvgIpc) is 2.70. The highest BCUT2D eigenvalue weighted by atomic mass is 15.0. The van der Waals surface area contributed by atoms with Crippen molar-refractivity contribution in [2.75, 3.05) is 0 Å². The van der Waals surface area contributed by atoms with Gasteiger partial charge in [0.2, 0.25) is 0 Å². The fourth-order valence-electron chi connectivity index (χ4n) is 2.91. The molecule has 0 N–H and O–H groups in total. The molecule has 0 aliphatic carbocycles. The molecule has 0 aliphatic heterocycles. The minimum absolute atomic E-state index is 0.0194. The van der Waals surface area contributed by atoms with E-state index in [9.17, 15) is 0 Å². The average molecular weight is 262 g/mol. The van der Waals surface area contributed by atoms with Gasteiger partial charge in [-0.3, -0.25) is 0 Å². The molecule has 2 heteroatoms. The molecule has 0 amide bonds. The molecule has 0 radical (unpaired) electrons. The number of aromatic nitrogens is 1. The third-order valence-electron chi connectivity index (χ3n) is 3.71. The zero-order valence-corrected chi connectivity index (χ0v) is 12.4. The number of hydrogen-bond acceptors (Lipinski definition) is 0. The van der Waals surface area contributed by atoms with E-state index < -0.39 is 0 Å². The first-order valence-electron chi connectivity index (χ1n) is 6.84. The van der Waals surface area contributed by atoms with E-state index in [0.717, 1.165) is 5.52 Å². The summed E-state index contributed by atoms with van der Waals surface area (Å²) in [7, 11) is 0. The van der Waals surface area contributed by atoms with E-state index >= 15 is 0 Å². The van der Waals surface area contributed by atoms with Gasteiger partial charge in [-0.15, -0.1) is 0 Å². The van der Waals surface area contributed by atoms with Crippen LogP contribution >= 0.6 is 0 Å². The van der Waals surface area contributed by atoms with Crippen molar-refractivity contribution in [3.8, 4) is 0 Å². The molecule has 0 saturated heterocycles. The first-order valence-corrected chi connectivity index (χ1v) is 6.84. The van der Waals surface area contributed by atoms with Crippen LogP contribution in [0.4, 0.5) is 5.69 Å². The minimum Gasteiger partial charge on any atom is -0.336 e. The Bertz CT molecular complexity index is 855. The van der Waals surface area contributed by atoms with Crippen LogP contribution < -0.4 is 0 Å². The van der Waals surface area contributed by atoms with Crippen molar-refractivity contribution in [3.05, 3.63) is 53.4 Å². The monoisotopic (exact) mass is 262 g/mol. The Balaban J connectivity index is 2.57. The van der Waals surface area contributed by atoms with Crippen LogP contribution in [-0.2, 0) is 5.54 Å². The Morgan fingerprint density at radius 2 is 1.55 bits per heavy atom. The summed E-state index contributed by atoms with van der Waals surface area (Å²) in [4.78, 5) is 3.57. The van der Waals surface area contributed by atoms with Crippen LogP contribution in [0.3, 0.4) is 0 Å². The number of benzene rings is 2. The molecule has 1 heterocycles. The van der Waals surface area contributed by atoms with Gasteiger partial charge < -0.3 is 4.57 Å². The van der Waals surface area contributed by atoms with Crippen molar-refractivity contribution in [1.29, 1.82) is 0 Å². The summed E-state index contributed by atoms with van der Waals surface area (Å²) >= 11 is 0. The maximum Gasteiger partial charge on any atom is 0.189 e. The molecule has 2 aromatic carbocycles. The lowest BCUT2D eigenvalue weighted by atomic mass is 10.1. The van der Waals surface area contributed by atoms with E-state index in [0.29, 0.717) is 5.69 Å². The van der Waals surface area contributed by atoms with Gasteiger partial charge in [0.1, 0.15) is 0 Å². The molecular formula is C18H18N2.